The predicted molar refractivity (Wildman–Crippen MR) is 90.6 cm³/mol. The molecule has 1 fully saturated rings. The van der Waals surface area contributed by atoms with Crippen LogP contribution in [0.5, 0.6) is 0 Å². The minimum Gasteiger partial charge on any atom is -0.338 e. The fourth-order valence-corrected chi connectivity index (χ4v) is 4.38. The van der Waals surface area contributed by atoms with Crippen LogP contribution in [0, 0.1) is 0 Å². The van der Waals surface area contributed by atoms with Gasteiger partial charge in [0.05, 0.1) is 5.25 Å². The molecular formula is C17H18N4OS. The van der Waals surface area contributed by atoms with Crippen molar-refractivity contribution in [1.29, 1.82) is 0 Å². The van der Waals surface area contributed by atoms with Gasteiger partial charge >= 0.3 is 0 Å². The second-order valence-corrected chi connectivity index (χ2v) is 7.02. The van der Waals surface area contributed by atoms with Gasteiger partial charge in [-0.1, -0.05) is 18.2 Å². The van der Waals surface area contributed by atoms with E-state index in [0.717, 1.165) is 38.5 Å². The summed E-state index contributed by atoms with van der Waals surface area (Å²) in [6.45, 7) is 3.06. The number of benzene rings is 1. The molecule has 0 radical (unpaired) electrons. The van der Waals surface area contributed by atoms with Gasteiger partial charge < -0.3 is 9.80 Å². The van der Waals surface area contributed by atoms with Crippen LogP contribution < -0.4 is 4.90 Å². The van der Waals surface area contributed by atoms with Crippen molar-refractivity contribution in [3.63, 3.8) is 0 Å². The van der Waals surface area contributed by atoms with Crippen LogP contribution in [-0.4, -0.2) is 52.2 Å². The molecule has 23 heavy (non-hydrogen) atoms. The highest BCUT2D eigenvalue weighted by Gasteiger charge is 2.33. The molecule has 2 aliphatic heterocycles. The lowest BCUT2D eigenvalue weighted by Gasteiger charge is -2.35. The molecular weight excluding hydrogens is 308 g/mol. The Balaban J connectivity index is 1.37. The topological polar surface area (TPSA) is 49.3 Å². The molecule has 5 nitrogen and oxygen atoms in total. The molecule has 1 amide bonds. The molecule has 1 aromatic carbocycles. The summed E-state index contributed by atoms with van der Waals surface area (Å²) in [4.78, 5) is 26.7. The van der Waals surface area contributed by atoms with E-state index in [1.54, 1.807) is 24.2 Å². The zero-order valence-corrected chi connectivity index (χ0v) is 13.6. The fraction of sp³-hybridized carbons (Fsp3) is 0.353. The number of aromatic nitrogens is 2. The first-order valence-corrected chi connectivity index (χ1v) is 8.74. The van der Waals surface area contributed by atoms with Crippen molar-refractivity contribution >= 4 is 23.6 Å². The largest absolute Gasteiger partial charge is 0.338 e. The van der Waals surface area contributed by atoms with E-state index < -0.39 is 0 Å². The van der Waals surface area contributed by atoms with Crippen LogP contribution in [0.25, 0.3) is 0 Å². The number of hydrogen-bond donors (Lipinski definition) is 0. The van der Waals surface area contributed by atoms with Crippen LogP contribution in [-0.2, 0) is 11.2 Å². The molecule has 1 saturated heterocycles. The Kier molecular flexibility index (Phi) is 3.91. The summed E-state index contributed by atoms with van der Waals surface area (Å²) in [6.07, 6.45) is 4.36. The summed E-state index contributed by atoms with van der Waals surface area (Å²) in [5.74, 6) is 1.02. The maximum atomic E-state index is 12.8. The lowest BCUT2D eigenvalue weighted by molar-refractivity contribution is -0.130. The van der Waals surface area contributed by atoms with Crippen LogP contribution in [0.3, 0.4) is 0 Å². The zero-order valence-electron chi connectivity index (χ0n) is 12.8. The maximum absolute atomic E-state index is 12.8. The Labute approximate surface area is 139 Å². The molecule has 6 heteroatoms. The Bertz CT molecular complexity index is 676. The van der Waals surface area contributed by atoms with Gasteiger partial charge in [0.2, 0.25) is 11.9 Å². The number of fused-ring (bicyclic) bond motifs is 1. The molecule has 3 heterocycles. The number of nitrogens with zero attached hydrogens (tertiary/aromatic N) is 4. The number of anilines is 1. The van der Waals surface area contributed by atoms with E-state index in [0.29, 0.717) is 0 Å². The third kappa shape index (κ3) is 2.91. The summed E-state index contributed by atoms with van der Waals surface area (Å²) in [5.41, 5.74) is 1.30. The summed E-state index contributed by atoms with van der Waals surface area (Å²) < 4.78 is 0. The molecule has 0 aliphatic carbocycles. The first kappa shape index (κ1) is 14.5. The van der Waals surface area contributed by atoms with Gasteiger partial charge in [-0.25, -0.2) is 9.97 Å². The molecule has 0 bridgehead atoms. The van der Waals surface area contributed by atoms with Gasteiger partial charge in [0, 0.05) is 43.5 Å². The van der Waals surface area contributed by atoms with Gasteiger partial charge in [-0.3, -0.25) is 4.79 Å². The number of carbonyl (C=O) groups is 1. The summed E-state index contributed by atoms with van der Waals surface area (Å²) in [7, 11) is 0. The molecule has 1 unspecified atom stereocenters. The van der Waals surface area contributed by atoms with Gasteiger partial charge in [-0.15, -0.1) is 11.8 Å². The smallest absolute Gasteiger partial charge is 0.236 e. The van der Waals surface area contributed by atoms with Crippen molar-refractivity contribution in [1.82, 2.24) is 14.9 Å². The van der Waals surface area contributed by atoms with E-state index in [-0.39, 0.29) is 11.2 Å². The number of hydrogen-bond acceptors (Lipinski definition) is 5. The standard InChI is InChI=1S/C17H18N4OS/c22-16(15-12-13-4-1-2-5-14(13)23-15)20-8-10-21(11-9-20)17-18-6-3-7-19-17/h1-7,15H,8-12H2. The van der Waals surface area contributed by atoms with E-state index in [4.69, 9.17) is 0 Å². The lowest BCUT2D eigenvalue weighted by Crippen LogP contribution is -2.51. The Morgan fingerprint density at radius 2 is 1.78 bits per heavy atom. The average Bonchev–Trinajstić information content (AvgIpc) is 3.06. The highest BCUT2D eigenvalue weighted by molar-refractivity contribution is 8.01. The molecule has 0 saturated carbocycles. The van der Waals surface area contributed by atoms with E-state index in [9.17, 15) is 4.79 Å². The van der Waals surface area contributed by atoms with E-state index in [1.807, 2.05) is 23.1 Å². The van der Waals surface area contributed by atoms with Crippen molar-refractivity contribution in [2.45, 2.75) is 16.6 Å². The van der Waals surface area contributed by atoms with Crippen molar-refractivity contribution < 1.29 is 4.79 Å². The van der Waals surface area contributed by atoms with Gasteiger partial charge in [-0.2, -0.15) is 0 Å². The fourth-order valence-electron chi connectivity index (χ4n) is 3.10. The number of rotatable bonds is 2. The average molecular weight is 326 g/mol. The third-order valence-electron chi connectivity index (χ3n) is 4.35. The third-order valence-corrected chi connectivity index (χ3v) is 5.65. The monoisotopic (exact) mass is 326 g/mol. The van der Waals surface area contributed by atoms with E-state index >= 15 is 0 Å². The molecule has 2 aliphatic rings. The minimum atomic E-state index is 0.0342. The summed E-state index contributed by atoms with van der Waals surface area (Å²) >= 11 is 1.71. The highest BCUT2D eigenvalue weighted by Crippen LogP contribution is 2.37. The van der Waals surface area contributed by atoms with Crippen LogP contribution in [0.15, 0.2) is 47.6 Å². The van der Waals surface area contributed by atoms with Gasteiger partial charge in [-0.05, 0) is 24.1 Å². The van der Waals surface area contributed by atoms with Crippen molar-refractivity contribution in [2.24, 2.45) is 0 Å². The molecule has 0 spiro atoms. The predicted octanol–water partition coefficient (Wildman–Crippen LogP) is 1.84. The lowest BCUT2D eigenvalue weighted by atomic mass is 10.1. The Morgan fingerprint density at radius 3 is 2.52 bits per heavy atom. The van der Waals surface area contributed by atoms with Crippen molar-refractivity contribution in [3.8, 4) is 0 Å². The molecule has 1 atom stereocenters. The number of piperazine rings is 1. The van der Waals surface area contributed by atoms with E-state index in [1.165, 1.54) is 10.5 Å². The van der Waals surface area contributed by atoms with Gasteiger partial charge in [0.1, 0.15) is 0 Å². The van der Waals surface area contributed by atoms with Crippen molar-refractivity contribution in [2.75, 3.05) is 31.1 Å². The first-order valence-electron chi connectivity index (χ1n) is 7.86. The van der Waals surface area contributed by atoms with E-state index in [2.05, 4.69) is 27.0 Å². The molecule has 1 aromatic heterocycles. The SMILES string of the molecule is O=C(C1Cc2ccccc2S1)N1CCN(c2ncccn2)CC1. The quantitative estimate of drug-likeness (QED) is 0.843. The highest BCUT2D eigenvalue weighted by atomic mass is 32.2. The van der Waals surface area contributed by atoms with Crippen LogP contribution in [0.1, 0.15) is 5.56 Å². The summed E-state index contributed by atoms with van der Waals surface area (Å²) in [5, 5.41) is 0.0342. The van der Waals surface area contributed by atoms with Gasteiger partial charge in [0.25, 0.3) is 0 Å². The molecule has 118 valence electrons. The number of thioether (sulfide) groups is 1. The summed E-state index contributed by atoms with van der Waals surface area (Å²) in [6, 6.07) is 10.1. The number of carbonyl (C=O) groups excluding carboxylic acids is 1. The van der Waals surface area contributed by atoms with Crippen LogP contribution >= 0.6 is 11.8 Å². The minimum absolute atomic E-state index is 0.0342. The normalized spacial score (nSPS) is 20.4. The van der Waals surface area contributed by atoms with Crippen LogP contribution in [0.2, 0.25) is 0 Å². The molecule has 2 aromatic rings. The Hall–Kier alpha value is -2.08. The van der Waals surface area contributed by atoms with Gasteiger partial charge in [0.15, 0.2) is 0 Å². The molecule has 0 N–H and O–H groups in total. The second-order valence-electron chi connectivity index (χ2n) is 5.78. The van der Waals surface area contributed by atoms with Crippen LogP contribution in [0.4, 0.5) is 5.95 Å². The zero-order chi connectivity index (χ0) is 15.6. The number of amides is 1. The van der Waals surface area contributed by atoms with Crippen molar-refractivity contribution in [3.05, 3.63) is 48.3 Å². The Morgan fingerprint density at radius 1 is 1.04 bits per heavy atom. The second kappa shape index (κ2) is 6.20. The molecule has 4 rings (SSSR count). The first-order chi connectivity index (χ1) is 11.3. The maximum Gasteiger partial charge on any atom is 0.236 e.